The van der Waals surface area contributed by atoms with Gasteiger partial charge in [-0.15, -0.1) is 0 Å². The van der Waals surface area contributed by atoms with E-state index in [2.05, 4.69) is 15.3 Å². The van der Waals surface area contributed by atoms with Crippen LogP contribution in [0.2, 0.25) is 0 Å². The minimum absolute atomic E-state index is 0.0884. The molecule has 1 aliphatic rings. The van der Waals surface area contributed by atoms with Crippen molar-refractivity contribution in [1.29, 1.82) is 0 Å². The summed E-state index contributed by atoms with van der Waals surface area (Å²) >= 11 is 0. The molecule has 0 aliphatic carbocycles. The summed E-state index contributed by atoms with van der Waals surface area (Å²) < 4.78 is 79.8. The molecule has 3 heterocycles. The molecule has 2 aromatic heterocycles. The third kappa shape index (κ3) is 3.60. The SMILES string of the molecule is CN(C(=O)c1cnc(C(F)(F)F)c(F)c1)[C@@H]1CNCc2[nH]c(=O)c3cc(F)c(F)cc3c21. The Bertz CT molecular complexity index is 1300. The van der Waals surface area contributed by atoms with Gasteiger partial charge in [-0.3, -0.25) is 9.59 Å². The lowest BCUT2D eigenvalue weighted by atomic mass is 9.93. The number of benzene rings is 1. The van der Waals surface area contributed by atoms with Crippen LogP contribution in [-0.4, -0.2) is 34.4 Å². The Hall–Kier alpha value is -3.41. The van der Waals surface area contributed by atoms with Gasteiger partial charge in [0.2, 0.25) is 0 Å². The van der Waals surface area contributed by atoms with Crippen molar-refractivity contribution >= 4 is 16.7 Å². The monoisotopic (exact) mass is 456 g/mol. The Balaban J connectivity index is 1.79. The highest BCUT2D eigenvalue weighted by atomic mass is 19.4. The van der Waals surface area contributed by atoms with Crippen molar-refractivity contribution in [2.45, 2.75) is 18.8 Å². The van der Waals surface area contributed by atoms with Gasteiger partial charge < -0.3 is 15.2 Å². The summed E-state index contributed by atoms with van der Waals surface area (Å²) in [5.74, 6) is -4.97. The number of likely N-dealkylation sites (N-methyl/N-ethyl adjacent to an activating group) is 1. The molecule has 0 unspecified atom stereocenters. The fourth-order valence-corrected chi connectivity index (χ4v) is 3.79. The summed E-state index contributed by atoms with van der Waals surface area (Å²) in [6.45, 7) is 0.306. The molecule has 0 spiro atoms. The number of H-pyrrole nitrogens is 1. The van der Waals surface area contributed by atoms with Gasteiger partial charge in [0.25, 0.3) is 11.5 Å². The molecule has 3 aromatic rings. The zero-order valence-electron chi connectivity index (χ0n) is 16.3. The fourth-order valence-electron chi connectivity index (χ4n) is 3.79. The van der Waals surface area contributed by atoms with Crippen LogP contribution in [0, 0.1) is 17.5 Å². The first-order chi connectivity index (χ1) is 15.0. The largest absolute Gasteiger partial charge is 0.436 e. The molecule has 6 nitrogen and oxygen atoms in total. The highest BCUT2D eigenvalue weighted by Gasteiger charge is 2.37. The Morgan fingerprint density at radius 2 is 1.75 bits per heavy atom. The second kappa shape index (κ2) is 7.62. The molecule has 2 N–H and O–H groups in total. The number of hydrogen-bond donors (Lipinski definition) is 2. The Labute approximate surface area is 175 Å². The molecule has 0 radical (unpaired) electrons. The number of nitrogens with zero attached hydrogens (tertiary/aromatic N) is 2. The van der Waals surface area contributed by atoms with Crippen LogP contribution in [0.5, 0.6) is 0 Å². The van der Waals surface area contributed by atoms with E-state index < -0.39 is 52.4 Å². The Morgan fingerprint density at radius 1 is 1.09 bits per heavy atom. The number of aromatic nitrogens is 2. The van der Waals surface area contributed by atoms with Crippen molar-refractivity contribution in [2.24, 2.45) is 0 Å². The number of fused-ring (bicyclic) bond motifs is 3. The summed E-state index contributed by atoms with van der Waals surface area (Å²) in [5, 5.41) is 2.93. The average Bonchev–Trinajstić information content (AvgIpc) is 2.72. The van der Waals surface area contributed by atoms with Crippen LogP contribution in [-0.2, 0) is 12.7 Å². The first-order valence-corrected chi connectivity index (χ1v) is 9.23. The molecular formula is C20H14F6N4O2. The number of alkyl halides is 3. The molecule has 32 heavy (non-hydrogen) atoms. The molecule has 1 atom stereocenters. The zero-order valence-corrected chi connectivity index (χ0v) is 16.3. The van der Waals surface area contributed by atoms with E-state index in [4.69, 9.17) is 0 Å². The van der Waals surface area contributed by atoms with Crippen LogP contribution < -0.4 is 10.9 Å². The van der Waals surface area contributed by atoms with Gasteiger partial charge in [0.15, 0.2) is 23.1 Å². The van der Waals surface area contributed by atoms with E-state index in [1.165, 1.54) is 7.05 Å². The van der Waals surface area contributed by atoms with E-state index in [0.29, 0.717) is 23.5 Å². The molecule has 0 saturated heterocycles. The first kappa shape index (κ1) is 21.8. The smallest absolute Gasteiger partial charge is 0.333 e. The minimum atomic E-state index is -5.02. The molecule has 1 aliphatic heterocycles. The van der Waals surface area contributed by atoms with Crippen molar-refractivity contribution in [1.82, 2.24) is 20.2 Å². The van der Waals surface area contributed by atoms with E-state index in [1.807, 2.05) is 0 Å². The lowest BCUT2D eigenvalue weighted by Crippen LogP contribution is -2.42. The molecule has 168 valence electrons. The van der Waals surface area contributed by atoms with Crippen LogP contribution in [0.25, 0.3) is 10.8 Å². The van der Waals surface area contributed by atoms with Crippen LogP contribution in [0.15, 0.2) is 29.2 Å². The van der Waals surface area contributed by atoms with Gasteiger partial charge in [-0.1, -0.05) is 0 Å². The molecule has 1 amide bonds. The molecule has 0 fully saturated rings. The van der Waals surface area contributed by atoms with E-state index in [1.54, 1.807) is 0 Å². The number of carbonyl (C=O) groups excluding carboxylic acids is 1. The maximum absolute atomic E-state index is 14.0. The summed E-state index contributed by atoms with van der Waals surface area (Å²) in [7, 11) is 1.32. The lowest BCUT2D eigenvalue weighted by Gasteiger charge is -2.34. The van der Waals surface area contributed by atoms with Gasteiger partial charge in [0, 0.05) is 37.6 Å². The van der Waals surface area contributed by atoms with Gasteiger partial charge in [0.05, 0.1) is 17.0 Å². The Morgan fingerprint density at radius 3 is 2.38 bits per heavy atom. The molecule has 12 heteroatoms. The number of pyridine rings is 2. The number of aromatic amines is 1. The summed E-state index contributed by atoms with van der Waals surface area (Å²) in [6, 6.07) is 1.21. The average molecular weight is 456 g/mol. The predicted octanol–water partition coefficient (Wildman–Crippen LogP) is 3.28. The van der Waals surface area contributed by atoms with Crippen LogP contribution in [0.1, 0.15) is 33.4 Å². The molecular weight excluding hydrogens is 442 g/mol. The second-order valence-corrected chi connectivity index (χ2v) is 7.27. The highest BCUT2D eigenvalue weighted by Crippen LogP contribution is 2.33. The van der Waals surface area contributed by atoms with Crippen molar-refractivity contribution in [3.8, 4) is 0 Å². The molecule has 0 saturated carbocycles. The minimum Gasteiger partial charge on any atom is -0.333 e. The number of carbonyl (C=O) groups is 1. The van der Waals surface area contributed by atoms with Gasteiger partial charge in [-0.25, -0.2) is 18.2 Å². The van der Waals surface area contributed by atoms with Crippen molar-refractivity contribution < 1.29 is 31.1 Å². The number of hydrogen-bond acceptors (Lipinski definition) is 4. The van der Waals surface area contributed by atoms with Gasteiger partial charge in [-0.2, -0.15) is 13.2 Å². The summed E-state index contributed by atoms with van der Waals surface area (Å²) in [5.41, 5.74) is -2.16. The number of rotatable bonds is 2. The van der Waals surface area contributed by atoms with E-state index in [9.17, 15) is 35.9 Å². The van der Waals surface area contributed by atoms with E-state index >= 15 is 0 Å². The maximum Gasteiger partial charge on any atom is 0.436 e. The fraction of sp³-hybridized carbons (Fsp3) is 0.250. The predicted molar refractivity (Wildman–Crippen MR) is 100 cm³/mol. The van der Waals surface area contributed by atoms with Gasteiger partial charge in [0.1, 0.15) is 0 Å². The van der Waals surface area contributed by atoms with E-state index in [-0.39, 0.29) is 23.9 Å². The molecule has 1 aromatic carbocycles. The quantitative estimate of drug-likeness (QED) is 0.581. The van der Waals surface area contributed by atoms with Gasteiger partial charge >= 0.3 is 6.18 Å². The maximum atomic E-state index is 14.0. The van der Waals surface area contributed by atoms with E-state index in [0.717, 1.165) is 17.0 Å². The van der Waals surface area contributed by atoms with Crippen LogP contribution >= 0.6 is 0 Å². The standard InChI is InChI=1S/C20H14F6N4O2/c1-30(19(32)8-2-13(23)17(28-5-8)20(24,25)26)15-7-27-6-14-16(15)9-3-11(21)12(22)4-10(9)18(31)29-14/h2-5,15,27H,6-7H2,1H3,(H,29,31)/t15-/m1/s1. The summed E-state index contributed by atoms with van der Waals surface area (Å²) in [4.78, 5) is 31.9. The third-order valence-electron chi connectivity index (χ3n) is 5.30. The molecule has 0 bridgehead atoms. The normalized spacial score (nSPS) is 16.2. The van der Waals surface area contributed by atoms with Crippen molar-refractivity contribution in [2.75, 3.05) is 13.6 Å². The van der Waals surface area contributed by atoms with Gasteiger partial charge in [-0.05, 0) is 23.6 Å². The Kier molecular flexibility index (Phi) is 5.19. The first-order valence-electron chi connectivity index (χ1n) is 9.23. The van der Waals surface area contributed by atoms with Crippen molar-refractivity contribution in [3.05, 3.63) is 74.7 Å². The zero-order chi connectivity index (χ0) is 23.4. The lowest BCUT2D eigenvalue weighted by molar-refractivity contribution is -0.143. The van der Waals surface area contributed by atoms with Crippen LogP contribution in [0.3, 0.4) is 0 Å². The number of nitrogens with one attached hydrogen (secondary N) is 2. The highest BCUT2D eigenvalue weighted by molar-refractivity contribution is 5.95. The van der Waals surface area contributed by atoms with Crippen molar-refractivity contribution in [3.63, 3.8) is 0 Å². The summed E-state index contributed by atoms with van der Waals surface area (Å²) in [6.07, 6.45) is -4.41. The second-order valence-electron chi connectivity index (χ2n) is 7.27. The van der Waals surface area contributed by atoms with Crippen LogP contribution in [0.4, 0.5) is 26.3 Å². The number of amides is 1. The third-order valence-corrected chi connectivity index (χ3v) is 5.30. The number of halogens is 6. The molecule has 4 rings (SSSR count). The topological polar surface area (TPSA) is 78.1 Å².